The fraction of sp³-hybridized carbons (Fsp3) is 0.667. The van der Waals surface area contributed by atoms with Gasteiger partial charge in [-0.1, -0.05) is 0 Å². The van der Waals surface area contributed by atoms with E-state index in [0.717, 1.165) is 11.3 Å². The molecule has 80 valence electrons. The normalized spacial score (nSPS) is 18.9. The molecule has 1 unspecified atom stereocenters. The molecule has 0 aromatic heterocycles. The van der Waals surface area contributed by atoms with Crippen molar-refractivity contribution in [3.05, 3.63) is 0 Å². The molecule has 0 aromatic carbocycles. The van der Waals surface area contributed by atoms with Crippen molar-refractivity contribution < 1.29 is 9.53 Å². The number of urea groups is 1. The molecule has 1 aliphatic rings. The second kappa shape index (κ2) is 5.84. The summed E-state index contributed by atoms with van der Waals surface area (Å²) < 4.78 is 5.09. The number of nitriles is 2. The highest BCUT2D eigenvalue weighted by molar-refractivity contribution is 5.75. The minimum atomic E-state index is -0.381. The SMILES string of the molecule is N#CCN(CC#N)C(=O)NC1CCOC1. The Kier molecular flexibility index (Phi) is 4.39. The van der Waals surface area contributed by atoms with Crippen LogP contribution >= 0.6 is 0 Å². The van der Waals surface area contributed by atoms with Crippen molar-refractivity contribution in [3.8, 4) is 12.1 Å². The third-order valence-corrected chi connectivity index (χ3v) is 2.07. The molecule has 1 aliphatic heterocycles. The molecule has 0 bridgehead atoms. The topological polar surface area (TPSA) is 89.2 Å². The van der Waals surface area contributed by atoms with E-state index in [1.54, 1.807) is 0 Å². The molecular formula is C9H12N4O2. The van der Waals surface area contributed by atoms with Gasteiger partial charge in [0.25, 0.3) is 0 Å². The van der Waals surface area contributed by atoms with E-state index in [2.05, 4.69) is 5.32 Å². The first-order chi connectivity index (χ1) is 7.27. The first kappa shape index (κ1) is 11.3. The third-order valence-electron chi connectivity index (χ3n) is 2.07. The highest BCUT2D eigenvalue weighted by atomic mass is 16.5. The van der Waals surface area contributed by atoms with Gasteiger partial charge in [0.05, 0.1) is 24.8 Å². The zero-order valence-electron chi connectivity index (χ0n) is 8.27. The summed E-state index contributed by atoms with van der Waals surface area (Å²) in [5.41, 5.74) is 0. The molecule has 1 rings (SSSR count). The number of rotatable bonds is 3. The third kappa shape index (κ3) is 3.45. The summed E-state index contributed by atoms with van der Waals surface area (Å²) in [5.74, 6) is 0. The second-order valence-electron chi connectivity index (χ2n) is 3.18. The predicted octanol–water partition coefficient (Wildman–Crippen LogP) is -0.166. The van der Waals surface area contributed by atoms with Crippen LogP contribution in [0.1, 0.15) is 6.42 Å². The van der Waals surface area contributed by atoms with E-state index in [1.807, 2.05) is 12.1 Å². The first-order valence-corrected chi connectivity index (χ1v) is 4.65. The quantitative estimate of drug-likeness (QED) is 0.652. The average Bonchev–Trinajstić information content (AvgIpc) is 2.70. The molecule has 2 amide bonds. The van der Waals surface area contributed by atoms with Crippen molar-refractivity contribution in [3.63, 3.8) is 0 Å². The van der Waals surface area contributed by atoms with E-state index in [0.29, 0.717) is 13.2 Å². The van der Waals surface area contributed by atoms with Crippen LogP contribution in [-0.2, 0) is 4.74 Å². The minimum Gasteiger partial charge on any atom is -0.379 e. The molecule has 1 saturated heterocycles. The number of nitrogens with zero attached hydrogens (tertiary/aromatic N) is 3. The molecule has 0 saturated carbocycles. The van der Waals surface area contributed by atoms with Crippen LogP contribution in [0.25, 0.3) is 0 Å². The van der Waals surface area contributed by atoms with Gasteiger partial charge in [-0.15, -0.1) is 0 Å². The lowest BCUT2D eigenvalue weighted by Gasteiger charge is -2.19. The predicted molar refractivity (Wildman–Crippen MR) is 50.6 cm³/mol. The van der Waals surface area contributed by atoms with Crippen LogP contribution in [0.2, 0.25) is 0 Å². The summed E-state index contributed by atoms with van der Waals surface area (Å²) >= 11 is 0. The van der Waals surface area contributed by atoms with Gasteiger partial charge in [0.15, 0.2) is 0 Å². The summed E-state index contributed by atoms with van der Waals surface area (Å²) in [6, 6.07) is 3.30. The lowest BCUT2D eigenvalue weighted by atomic mass is 10.3. The van der Waals surface area contributed by atoms with Gasteiger partial charge in [0.2, 0.25) is 0 Å². The van der Waals surface area contributed by atoms with E-state index >= 15 is 0 Å². The van der Waals surface area contributed by atoms with Crippen LogP contribution in [-0.4, -0.2) is 43.3 Å². The zero-order valence-corrected chi connectivity index (χ0v) is 8.27. The second-order valence-corrected chi connectivity index (χ2v) is 3.18. The maximum Gasteiger partial charge on any atom is 0.319 e. The van der Waals surface area contributed by atoms with Gasteiger partial charge in [-0.05, 0) is 6.42 Å². The van der Waals surface area contributed by atoms with Crippen LogP contribution in [0.5, 0.6) is 0 Å². The maximum atomic E-state index is 11.5. The Morgan fingerprint density at radius 2 is 2.13 bits per heavy atom. The maximum absolute atomic E-state index is 11.5. The van der Waals surface area contributed by atoms with Crippen LogP contribution in [0.15, 0.2) is 0 Å². The van der Waals surface area contributed by atoms with Gasteiger partial charge >= 0.3 is 6.03 Å². The van der Waals surface area contributed by atoms with E-state index in [-0.39, 0.29) is 25.2 Å². The van der Waals surface area contributed by atoms with Crippen molar-refractivity contribution in [1.82, 2.24) is 10.2 Å². The molecule has 0 spiro atoms. The molecule has 0 aromatic rings. The fourth-order valence-corrected chi connectivity index (χ4v) is 1.28. The Bertz CT molecular complexity index is 282. The standard InChI is InChI=1S/C9H12N4O2/c10-2-4-13(5-3-11)9(14)12-8-1-6-15-7-8/h8H,1,4-7H2,(H,12,14). The van der Waals surface area contributed by atoms with Crippen LogP contribution in [0, 0.1) is 22.7 Å². The molecule has 6 heteroatoms. The molecular weight excluding hydrogens is 196 g/mol. The van der Waals surface area contributed by atoms with Crippen LogP contribution in [0.4, 0.5) is 4.79 Å². The van der Waals surface area contributed by atoms with Gasteiger partial charge < -0.3 is 10.1 Å². The van der Waals surface area contributed by atoms with Crippen molar-refractivity contribution in [2.24, 2.45) is 0 Å². The Balaban J connectivity index is 2.41. The number of ether oxygens (including phenoxy) is 1. The number of hydrogen-bond donors (Lipinski definition) is 1. The van der Waals surface area contributed by atoms with Crippen molar-refractivity contribution >= 4 is 6.03 Å². The van der Waals surface area contributed by atoms with Crippen molar-refractivity contribution in [2.45, 2.75) is 12.5 Å². The Hall–Kier alpha value is -1.79. The molecule has 0 aliphatic carbocycles. The Morgan fingerprint density at radius 1 is 1.47 bits per heavy atom. The average molecular weight is 208 g/mol. The Labute approximate surface area is 88.0 Å². The van der Waals surface area contributed by atoms with Gasteiger partial charge in [0.1, 0.15) is 13.1 Å². The van der Waals surface area contributed by atoms with Gasteiger partial charge in [-0.25, -0.2) is 4.79 Å². The van der Waals surface area contributed by atoms with Crippen molar-refractivity contribution in [1.29, 1.82) is 10.5 Å². The van der Waals surface area contributed by atoms with E-state index < -0.39 is 0 Å². The number of nitrogens with one attached hydrogen (secondary N) is 1. The van der Waals surface area contributed by atoms with Gasteiger partial charge in [0, 0.05) is 6.61 Å². The van der Waals surface area contributed by atoms with Crippen molar-refractivity contribution in [2.75, 3.05) is 26.3 Å². The van der Waals surface area contributed by atoms with Crippen LogP contribution < -0.4 is 5.32 Å². The van der Waals surface area contributed by atoms with Gasteiger partial charge in [-0.2, -0.15) is 10.5 Å². The molecule has 1 atom stereocenters. The lowest BCUT2D eigenvalue weighted by molar-refractivity contribution is 0.182. The molecule has 0 radical (unpaired) electrons. The highest BCUT2D eigenvalue weighted by Crippen LogP contribution is 2.03. The lowest BCUT2D eigenvalue weighted by Crippen LogP contribution is -2.45. The Morgan fingerprint density at radius 3 is 2.60 bits per heavy atom. The van der Waals surface area contributed by atoms with Gasteiger partial charge in [-0.3, -0.25) is 4.90 Å². The fourth-order valence-electron chi connectivity index (χ4n) is 1.28. The smallest absolute Gasteiger partial charge is 0.319 e. The molecule has 1 fully saturated rings. The first-order valence-electron chi connectivity index (χ1n) is 4.65. The monoisotopic (exact) mass is 208 g/mol. The molecule has 6 nitrogen and oxygen atoms in total. The zero-order chi connectivity index (χ0) is 11.1. The summed E-state index contributed by atoms with van der Waals surface area (Å²) in [6.07, 6.45) is 0.776. The van der Waals surface area contributed by atoms with Crippen LogP contribution in [0.3, 0.4) is 0 Å². The number of hydrogen-bond acceptors (Lipinski definition) is 4. The number of carbonyl (C=O) groups excluding carboxylic acids is 1. The summed E-state index contributed by atoms with van der Waals surface area (Å²) in [7, 11) is 0. The van der Waals surface area contributed by atoms with E-state index in [1.165, 1.54) is 0 Å². The minimum absolute atomic E-state index is 0.00242. The number of amides is 2. The van der Waals surface area contributed by atoms with E-state index in [4.69, 9.17) is 15.3 Å². The summed E-state index contributed by atoms with van der Waals surface area (Å²) in [6.45, 7) is 0.986. The number of carbonyl (C=O) groups is 1. The van der Waals surface area contributed by atoms with E-state index in [9.17, 15) is 4.79 Å². The summed E-state index contributed by atoms with van der Waals surface area (Å²) in [5, 5.41) is 19.6. The summed E-state index contributed by atoms with van der Waals surface area (Å²) in [4.78, 5) is 12.7. The molecule has 1 N–H and O–H groups in total. The largest absolute Gasteiger partial charge is 0.379 e. The highest BCUT2D eigenvalue weighted by Gasteiger charge is 2.20. The molecule has 15 heavy (non-hydrogen) atoms. The molecule has 1 heterocycles.